The Kier molecular flexibility index (Phi) is 6.43. The van der Waals surface area contributed by atoms with Crippen LogP contribution in [0.4, 0.5) is 5.69 Å². The number of aromatic nitrogens is 1. The molecule has 1 atom stereocenters. The molecule has 5 heteroatoms. The second-order valence-corrected chi connectivity index (χ2v) is 4.85. The summed E-state index contributed by atoms with van der Waals surface area (Å²) < 4.78 is 10.4. The lowest BCUT2D eigenvalue weighted by Crippen LogP contribution is -2.39. The third-order valence-corrected chi connectivity index (χ3v) is 3.21. The van der Waals surface area contributed by atoms with E-state index in [0.29, 0.717) is 25.3 Å². The second kappa shape index (κ2) is 7.83. The van der Waals surface area contributed by atoms with Crippen molar-refractivity contribution < 1.29 is 9.47 Å². The van der Waals surface area contributed by atoms with Crippen LogP contribution in [0, 0.1) is 25.2 Å². The summed E-state index contributed by atoms with van der Waals surface area (Å²) in [6.45, 7) is 7.77. The molecule has 0 fully saturated rings. The highest BCUT2D eigenvalue weighted by molar-refractivity contribution is 5.62. The highest BCUT2D eigenvalue weighted by atomic mass is 16.5. The molecule has 1 aromatic heterocycles. The van der Waals surface area contributed by atoms with E-state index < -0.39 is 0 Å². The van der Waals surface area contributed by atoms with Crippen LogP contribution in [0.25, 0.3) is 0 Å². The van der Waals surface area contributed by atoms with Crippen LogP contribution in [0.1, 0.15) is 23.9 Å². The molecular formula is C15H23N3O2. The van der Waals surface area contributed by atoms with Gasteiger partial charge in [-0.25, -0.2) is 0 Å². The maximum absolute atomic E-state index is 9.40. The zero-order valence-electron chi connectivity index (χ0n) is 12.9. The molecule has 0 spiro atoms. The average Bonchev–Trinajstić information content (AvgIpc) is 2.39. The SMILES string of the molecule is COCCN(c1cc(C)nc(C)c1C#N)C(C)COC. The van der Waals surface area contributed by atoms with Gasteiger partial charge in [-0.2, -0.15) is 5.26 Å². The summed E-state index contributed by atoms with van der Waals surface area (Å²) in [6, 6.07) is 4.37. The van der Waals surface area contributed by atoms with E-state index in [1.165, 1.54) is 0 Å². The first-order chi connectivity index (χ1) is 9.54. The van der Waals surface area contributed by atoms with E-state index >= 15 is 0 Å². The Hall–Kier alpha value is -1.64. The first-order valence-electron chi connectivity index (χ1n) is 6.68. The number of rotatable bonds is 7. The van der Waals surface area contributed by atoms with Crippen molar-refractivity contribution in [3.63, 3.8) is 0 Å². The Morgan fingerprint density at radius 3 is 2.60 bits per heavy atom. The van der Waals surface area contributed by atoms with Crippen LogP contribution < -0.4 is 4.90 Å². The van der Waals surface area contributed by atoms with E-state index in [0.717, 1.165) is 17.1 Å². The minimum atomic E-state index is 0.156. The summed E-state index contributed by atoms with van der Waals surface area (Å²) in [5, 5.41) is 9.40. The standard InChI is InChI=1S/C15H23N3O2/c1-11-8-15(14(9-16)13(3)17-11)18(6-7-19-4)12(2)10-20-5/h8,12H,6-7,10H2,1-5H3. The van der Waals surface area contributed by atoms with Gasteiger partial charge >= 0.3 is 0 Å². The summed E-state index contributed by atoms with van der Waals surface area (Å²) >= 11 is 0. The molecule has 0 bridgehead atoms. The molecule has 0 aromatic carbocycles. The maximum Gasteiger partial charge on any atom is 0.103 e. The Morgan fingerprint density at radius 2 is 2.05 bits per heavy atom. The van der Waals surface area contributed by atoms with Crippen molar-refractivity contribution in [2.45, 2.75) is 26.8 Å². The fourth-order valence-corrected chi connectivity index (χ4v) is 2.27. The number of ether oxygens (including phenoxy) is 2. The van der Waals surface area contributed by atoms with Crippen molar-refractivity contribution in [1.82, 2.24) is 4.98 Å². The molecule has 1 unspecified atom stereocenters. The lowest BCUT2D eigenvalue weighted by atomic mass is 10.1. The summed E-state index contributed by atoms with van der Waals surface area (Å²) in [5.74, 6) is 0. The Balaban J connectivity index is 3.22. The number of pyridine rings is 1. The molecule has 5 nitrogen and oxygen atoms in total. The van der Waals surface area contributed by atoms with Gasteiger partial charge in [0.25, 0.3) is 0 Å². The minimum Gasteiger partial charge on any atom is -0.383 e. The predicted octanol–water partition coefficient (Wildman–Crippen LogP) is 2.06. The fourth-order valence-electron chi connectivity index (χ4n) is 2.27. The van der Waals surface area contributed by atoms with Gasteiger partial charge in [-0.1, -0.05) is 0 Å². The van der Waals surface area contributed by atoms with Gasteiger partial charge in [0.05, 0.1) is 30.2 Å². The monoisotopic (exact) mass is 277 g/mol. The van der Waals surface area contributed by atoms with Gasteiger partial charge < -0.3 is 14.4 Å². The number of nitrogens with zero attached hydrogens (tertiary/aromatic N) is 3. The molecule has 0 aliphatic carbocycles. The molecule has 0 saturated heterocycles. The van der Waals surface area contributed by atoms with Gasteiger partial charge in [0.2, 0.25) is 0 Å². The number of anilines is 1. The Bertz CT molecular complexity index is 483. The largest absolute Gasteiger partial charge is 0.383 e. The van der Waals surface area contributed by atoms with Gasteiger partial charge in [-0.15, -0.1) is 0 Å². The summed E-state index contributed by atoms with van der Waals surface area (Å²) in [6.07, 6.45) is 0. The topological polar surface area (TPSA) is 58.4 Å². The Morgan fingerprint density at radius 1 is 1.35 bits per heavy atom. The molecule has 0 amide bonds. The molecule has 1 rings (SSSR count). The molecular weight excluding hydrogens is 254 g/mol. The van der Waals surface area contributed by atoms with Crippen molar-refractivity contribution in [2.24, 2.45) is 0 Å². The highest BCUT2D eigenvalue weighted by Gasteiger charge is 2.19. The lowest BCUT2D eigenvalue weighted by molar-refractivity contribution is 0.171. The van der Waals surface area contributed by atoms with E-state index in [9.17, 15) is 5.26 Å². The van der Waals surface area contributed by atoms with Crippen LogP contribution in [-0.4, -0.2) is 45.0 Å². The predicted molar refractivity (Wildman–Crippen MR) is 79.0 cm³/mol. The van der Waals surface area contributed by atoms with Crippen LogP contribution in [0.2, 0.25) is 0 Å². The van der Waals surface area contributed by atoms with E-state index in [4.69, 9.17) is 9.47 Å². The molecule has 20 heavy (non-hydrogen) atoms. The van der Waals surface area contributed by atoms with Gasteiger partial charge in [0.1, 0.15) is 6.07 Å². The summed E-state index contributed by atoms with van der Waals surface area (Å²) in [5.41, 5.74) is 3.19. The maximum atomic E-state index is 9.40. The number of hydrogen-bond acceptors (Lipinski definition) is 5. The molecule has 0 N–H and O–H groups in total. The van der Waals surface area contributed by atoms with Crippen LogP contribution in [-0.2, 0) is 9.47 Å². The smallest absolute Gasteiger partial charge is 0.103 e. The second-order valence-electron chi connectivity index (χ2n) is 4.85. The van der Waals surface area contributed by atoms with Crippen LogP contribution in [0.15, 0.2) is 6.07 Å². The number of hydrogen-bond donors (Lipinski definition) is 0. The Labute approximate surface area is 121 Å². The first kappa shape index (κ1) is 16.4. The van der Waals surface area contributed by atoms with Gasteiger partial charge in [-0.3, -0.25) is 4.98 Å². The third kappa shape index (κ3) is 3.92. The fraction of sp³-hybridized carbons (Fsp3) is 0.600. The number of aryl methyl sites for hydroxylation is 2. The van der Waals surface area contributed by atoms with E-state index in [-0.39, 0.29) is 6.04 Å². The van der Waals surface area contributed by atoms with E-state index in [1.54, 1.807) is 14.2 Å². The van der Waals surface area contributed by atoms with Crippen molar-refractivity contribution in [1.29, 1.82) is 5.26 Å². The van der Waals surface area contributed by atoms with Gasteiger partial charge in [0.15, 0.2) is 0 Å². The first-order valence-corrected chi connectivity index (χ1v) is 6.68. The van der Waals surface area contributed by atoms with Crippen LogP contribution in [0.3, 0.4) is 0 Å². The molecule has 0 aliphatic heterocycles. The molecule has 0 aliphatic rings. The van der Waals surface area contributed by atoms with Crippen LogP contribution in [0.5, 0.6) is 0 Å². The van der Waals surface area contributed by atoms with Crippen molar-refractivity contribution in [3.05, 3.63) is 23.0 Å². The van der Waals surface area contributed by atoms with Gasteiger partial charge in [0, 0.05) is 32.5 Å². The normalized spacial score (nSPS) is 12.0. The molecule has 1 heterocycles. The van der Waals surface area contributed by atoms with Crippen molar-refractivity contribution in [2.75, 3.05) is 38.9 Å². The molecule has 110 valence electrons. The molecule has 0 radical (unpaired) electrons. The van der Waals surface area contributed by atoms with Crippen LogP contribution >= 0.6 is 0 Å². The third-order valence-electron chi connectivity index (χ3n) is 3.21. The van der Waals surface area contributed by atoms with Crippen molar-refractivity contribution in [3.8, 4) is 6.07 Å². The van der Waals surface area contributed by atoms with Gasteiger partial charge in [-0.05, 0) is 26.8 Å². The lowest BCUT2D eigenvalue weighted by Gasteiger charge is -2.32. The van der Waals surface area contributed by atoms with Crippen molar-refractivity contribution >= 4 is 5.69 Å². The molecule has 0 saturated carbocycles. The quantitative estimate of drug-likeness (QED) is 0.763. The average molecular weight is 277 g/mol. The van der Waals surface area contributed by atoms with E-state index in [1.807, 2.05) is 19.9 Å². The summed E-state index contributed by atoms with van der Waals surface area (Å²) in [7, 11) is 3.35. The zero-order chi connectivity index (χ0) is 15.1. The highest BCUT2D eigenvalue weighted by Crippen LogP contribution is 2.25. The van der Waals surface area contributed by atoms with E-state index in [2.05, 4.69) is 22.9 Å². The minimum absolute atomic E-state index is 0.156. The number of nitriles is 1. The molecule has 1 aromatic rings. The summed E-state index contributed by atoms with van der Waals surface area (Å²) in [4.78, 5) is 6.51. The number of methoxy groups -OCH3 is 2. The zero-order valence-corrected chi connectivity index (χ0v) is 12.9.